The van der Waals surface area contributed by atoms with Gasteiger partial charge in [-0.15, -0.1) is 0 Å². The van der Waals surface area contributed by atoms with Crippen molar-refractivity contribution in [2.24, 2.45) is 0 Å². The van der Waals surface area contributed by atoms with Crippen molar-refractivity contribution < 1.29 is 0 Å². The summed E-state index contributed by atoms with van der Waals surface area (Å²) in [5, 5.41) is 2.20. The van der Waals surface area contributed by atoms with E-state index in [-0.39, 0.29) is 0 Å². The third-order valence-corrected chi connectivity index (χ3v) is 4.49. The average molecular weight is 304 g/mol. The monoisotopic (exact) mass is 304 g/mol. The fourth-order valence-corrected chi connectivity index (χ4v) is 2.99. The third-order valence-electron chi connectivity index (χ3n) is 1.64. The van der Waals surface area contributed by atoms with Crippen LogP contribution in [0.5, 0.6) is 0 Å². The molecule has 1 aromatic carbocycles. The van der Waals surface area contributed by atoms with Crippen molar-refractivity contribution in [3.63, 3.8) is 0 Å². The Kier molecular flexibility index (Phi) is 5.45. The summed E-state index contributed by atoms with van der Waals surface area (Å²) in [4.78, 5) is 0. The van der Waals surface area contributed by atoms with E-state index in [1.807, 2.05) is 0 Å². The Labute approximate surface area is 94.7 Å². The normalized spacial score (nSPS) is 11.7. The summed E-state index contributed by atoms with van der Waals surface area (Å²) in [6, 6.07) is 10.7. The minimum atomic E-state index is 0.602. The van der Waals surface area contributed by atoms with E-state index >= 15 is 0 Å². The Balaban J connectivity index is 2.36. The molecule has 0 saturated carbocycles. The van der Waals surface area contributed by atoms with Gasteiger partial charge in [0, 0.05) is 0 Å². The van der Waals surface area contributed by atoms with Crippen LogP contribution in [-0.4, -0.2) is 20.3 Å². The number of hydrogen-bond acceptors (Lipinski definition) is 0. The summed E-state index contributed by atoms with van der Waals surface area (Å²) in [5.41, 5.74) is 1.43. The van der Waals surface area contributed by atoms with Crippen molar-refractivity contribution in [2.45, 2.75) is 12.2 Å². The molecule has 0 radical (unpaired) electrons. The van der Waals surface area contributed by atoms with E-state index in [0.29, 0.717) is 15.0 Å². The fourth-order valence-electron chi connectivity index (χ4n) is 0.851. The predicted molar refractivity (Wildman–Crippen MR) is 64.2 cm³/mol. The molecule has 0 aliphatic heterocycles. The molecule has 0 atom stereocenters. The molecular formula is C11H13BrSe. The van der Waals surface area contributed by atoms with Crippen LogP contribution < -0.4 is 4.46 Å². The Hall–Kier alpha value is -0.0405. The molecule has 0 fully saturated rings. The van der Waals surface area contributed by atoms with Crippen molar-refractivity contribution in [2.75, 3.05) is 5.33 Å². The standard InChI is InChI=1S/C11H13BrSe/c1-10(9-12)7-8-13-11-5-3-2-4-6-11/h2-7H,8-9H2,1H3/b10-7+. The maximum atomic E-state index is 3.44. The second-order valence-electron chi connectivity index (χ2n) is 2.81. The molecule has 0 aliphatic carbocycles. The maximum absolute atomic E-state index is 3.44. The summed E-state index contributed by atoms with van der Waals surface area (Å²) in [7, 11) is 0. The number of allylic oxidation sites excluding steroid dienone is 2. The molecule has 0 amide bonds. The van der Waals surface area contributed by atoms with Gasteiger partial charge in [-0.25, -0.2) is 0 Å². The zero-order valence-corrected chi connectivity index (χ0v) is 11.0. The first-order valence-corrected chi connectivity index (χ1v) is 7.41. The number of halogens is 1. The SMILES string of the molecule is C/C(=C\C[Se]c1ccccc1)CBr. The molecule has 0 aliphatic rings. The van der Waals surface area contributed by atoms with Gasteiger partial charge < -0.3 is 0 Å². The predicted octanol–water partition coefficient (Wildman–Crippen LogP) is 2.78. The van der Waals surface area contributed by atoms with Crippen molar-refractivity contribution in [1.82, 2.24) is 0 Å². The topological polar surface area (TPSA) is 0 Å². The number of hydrogen-bond donors (Lipinski definition) is 0. The van der Waals surface area contributed by atoms with Crippen LogP contribution in [0.25, 0.3) is 0 Å². The molecule has 13 heavy (non-hydrogen) atoms. The first-order valence-electron chi connectivity index (χ1n) is 4.22. The molecular weight excluding hydrogens is 291 g/mol. The van der Waals surface area contributed by atoms with Crippen LogP contribution in [0, 0.1) is 0 Å². The van der Waals surface area contributed by atoms with Crippen LogP contribution >= 0.6 is 15.9 Å². The second-order valence-corrected chi connectivity index (χ2v) is 5.66. The van der Waals surface area contributed by atoms with E-state index in [4.69, 9.17) is 0 Å². The van der Waals surface area contributed by atoms with E-state index in [9.17, 15) is 0 Å². The van der Waals surface area contributed by atoms with E-state index in [2.05, 4.69) is 59.3 Å². The van der Waals surface area contributed by atoms with Gasteiger partial charge in [0.05, 0.1) is 0 Å². The first kappa shape index (κ1) is 11.0. The quantitative estimate of drug-likeness (QED) is 0.456. The van der Waals surface area contributed by atoms with Crippen LogP contribution in [0.1, 0.15) is 6.92 Å². The Morgan fingerprint density at radius 3 is 2.69 bits per heavy atom. The van der Waals surface area contributed by atoms with Crippen LogP contribution in [-0.2, 0) is 0 Å². The van der Waals surface area contributed by atoms with Gasteiger partial charge in [0.25, 0.3) is 0 Å². The van der Waals surface area contributed by atoms with Gasteiger partial charge in [-0.3, -0.25) is 0 Å². The molecule has 1 aromatic rings. The van der Waals surface area contributed by atoms with Gasteiger partial charge in [-0.2, -0.15) is 0 Å². The van der Waals surface area contributed by atoms with E-state index < -0.39 is 0 Å². The minimum absolute atomic E-state index is 0.602. The summed E-state index contributed by atoms with van der Waals surface area (Å²) in [6.07, 6.45) is 2.32. The van der Waals surface area contributed by atoms with Gasteiger partial charge >= 0.3 is 94.9 Å². The molecule has 1 rings (SSSR count). The molecule has 0 bridgehead atoms. The molecule has 2 heteroatoms. The first-order chi connectivity index (χ1) is 6.33. The fraction of sp³-hybridized carbons (Fsp3) is 0.273. The van der Waals surface area contributed by atoms with Crippen molar-refractivity contribution in [1.29, 1.82) is 0 Å². The van der Waals surface area contributed by atoms with Gasteiger partial charge in [-0.1, -0.05) is 0 Å². The Morgan fingerprint density at radius 2 is 2.08 bits per heavy atom. The van der Waals surface area contributed by atoms with Crippen LogP contribution in [0.4, 0.5) is 0 Å². The summed E-state index contributed by atoms with van der Waals surface area (Å²) in [5.74, 6) is 0. The Morgan fingerprint density at radius 1 is 1.38 bits per heavy atom. The van der Waals surface area contributed by atoms with E-state index in [1.165, 1.54) is 15.4 Å². The van der Waals surface area contributed by atoms with Crippen LogP contribution in [0.2, 0.25) is 5.32 Å². The molecule has 0 unspecified atom stereocenters. The molecule has 0 nitrogen and oxygen atoms in total. The van der Waals surface area contributed by atoms with Gasteiger partial charge in [-0.05, 0) is 0 Å². The molecule has 0 N–H and O–H groups in total. The van der Waals surface area contributed by atoms with Crippen LogP contribution in [0.3, 0.4) is 0 Å². The summed E-state index contributed by atoms with van der Waals surface area (Å²) < 4.78 is 1.48. The number of benzene rings is 1. The van der Waals surface area contributed by atoms with Crippen molar-refractivity contribution >= 4 is 35.3 Å². The summed E-state index contributed by atoms with van der Waals surface area (Å²) in [6.45, 7) is 2.16. The zero-order valence-electron chi connectivity index (χ0n) is 7.66. The summed E-state index contributed by atoms with van der Waals surface area (Å²) >= 11 is 4.04. The zero-order chi connectivity index (χ0) is 9.52. The van der Waals surface area contributed by atoms with Gasteiger partial charge in [0.1, 0.15) is 0 Å². The van der Waals surface area contributed by atoms with Gasteiger partial charge in [0.15, 0.2) is 0 Å². The van der Waals surface area contributed by atoms with Gasteiger partial charge in [0.2, 0.25) is 0 Å². The second kappa shape index (κ2) is 6.42. The molecule has 0 heterocycles. The van der Waals surface area contributed by atoms with E-state index in [1.54, 1.807) is 0 Å². The number of alkyl halides is 1. The average Bonchev–Trinajstić information content (AvgIpc) is 2.19. The van der Waals surface area contributed by atoms with E-state index in [0.717, 1.165) is 5.33 Å². The molecule has 0 saturated heterocycles. The van der Waals surface area contributed by atoms with Crippen molar-refractivity contribution in [3.8, 4) is 0 Å². The Bertz CT molecular complexity index is 267. The third kappa shape index (κ3) is 4.66. The molecule has 70 valence electrons. The molecule has 0 aromatic heterocycles. The number of rotatable bonds is 4. The van der Waals surface area contributed by atoms with Crippen LogP contribution in [0.15, 0.2) is 42.0 Å². The molecule has 0 spiro atoms. The van der Waals surface area contributed by atoms with Crippen molar-refractivity contribution in [3.05, 3.63) is 42.0 Å².